The second-order valence-corrected chi connectivity index (χ2v) is 6.81. The quantitative estimate of drug-likeness (QED) is 0.926. The second-order valence-electron chi connectivity index (χ2n) is 6.38. The van der Waals surface area contributed by atoms with Crippen LogP contribution >= 0.6 is 11.6 Å². The first-order valence-electron chi connectivity index (χ1n) is 7.65. The first kappa shape index (κ1) is 16.5. The Hall–Kier alpha value is -2.34. The molecule has 2 aromatic rings. The van der Waals surface area contributed by atoms with Gasteiger partial charge in [0.25, 0.3) is 5.91 Å². The third-order valence-corrected chi connectivity index (χ3v) is 4.80. The summed E-state index contributed by atoms with van der Waals surface area (Å²) < 4.78 is 1.66. The highest BCUT2D eigenvalue weighted by molar-refractivity contribution is 6.30. The highest BCUT2D eigenvalue weighted by Crippen LogP contribution is 2.31. The summed E-state index contributed by atoms with van der Waals surface area (Å²) in [6.45, 7) is 4.13. The average Bonchev–Trinajstić information content (AvgIpc) is 3.11. The van der Waals surface area contributed by atoms with Crippen LogP contribution in [0, 0.1) is 12.3 Å². The van der Waals surface area contributed by atoms with Gasteiger partial charge in [-0.3, -0.25) is 9.59 Å². The van der Waals surface area contributed by atoms with Gasteiger partial charge in [0.1, 0.15) is 0 Å². The molecule has 1 saturated heterocycles. The summed E-state index contributed by atoms with van der Waals surface area (Å²) in [5, 5.41) is 14.2. The molecule has 1 aliphatic rings. The number of hydrogen-bond acceptors (Lipinski definition) is 3. The van der Waals surface area contributed by atoms with Gasteiger partial charge in [-0.05, 0) is 38.5 Å². The van der Waals surface area contributed by atoms with E-state index in [4.69, 9.17) is 11.6 Å². The Morgan fingerprint density at radius 3 is 2.75 bits per heavy atom. The number of benzene rings is 1. The molecule has 24 heavy (non-hydrogen) atoms. The fraction of sp³-hybridized carbons (Fsp3) is 0.353. The molecule has 1 atom stereocenters. The van der Waals surface area contributed by atoms with Crippen molar-refractivity contribution in [1.29, 1.82) is 0 Å². The second kappa shape index (κ2) is 5.94. The maximum absolute atomic E-state index is 12.7. The number of carbonyl (C=O) groups is 2. The maximum atomic E-state index is 12.7. The summed E-state index contributed by atoms with van der Waals surface area (Å²) >= 11 is 6.01. The lowest BCUT2D eigenvalue weighted by molar-refractivity contribution is -0.147. The summed E-state index contributed by atoms with van der Waals surface area (Å²) in [7, 11) is 0. The van der Waals surface area contributed by atoms with Crippen LogP contribution in [0.2, 0.25) is 5.02 Å². The molecule has 1 aromatic carbocycles. The number of likely N-dealkylation sites (tertiary alicyclic amines) is 1. The minimum Gasteiger partial charge on any atom is -0.481 e. The lowest BCUT2D eigenvalue weighted by Gasteiger charge is -2.20. The minimum atomic E-state index is -0.882. The van der Waals surface area contributed by atoms with Crippen LogP contribution in [0.15, 0.2) is 30.5 Å². The van der Waals surface area contributed by atoms with E-state index >= 15 is 0 Å². The van der Waals surface area contributed by atoms with Crippen molar-refractivity contribution in [3.05, 3.63) is 46.7 Å². The van der Waals surface area contributed by atoms with Gasteiger partial charge in [0, 0.05) is 18.1 Å². The number of carbonyl (C=O) groups excluding carboxylic acids is 1. The van der Waals surface area contributed by atoms with Crippen LogP contribution < -0.4 is 0 Å². The van der Waals surface area contributed by atoms with Crippen molar-refractivity contribution in [2.24, 2.45) is 5.41 Å². The Labute approximate surface area is 144 Å². The smallest absolute Gasteiger partial charge is 0.311 e. The summed E-state index contributed by atoms with van der Waals surface area (Å²) in [5.41, 5.74) is 1.07. The molecule has 7 heteroatoms. The molecule has 2 heterocycles. The highest BCUT2D eigenvalue weighted by atomic mass is 35.5. The third-order valence-electron chi connectivity index (χ3n) is 4.57. The zero-order chi connectivity index (χ0) is 17.5. The first-order chi connectivity index (χ1) is 11.3. The molecule has 1 N–H and O–H groups in total. The Bertz CT molecular complexity index is 817. The van der Waals surface area contributed by atoms with E-state index in [0.717, 1.165) is 5.69 Å². The Morgan fingerprint density at radius 1 is 1.38 bits per heavy atom. The van der Waals surface area contributed by atoms with Crippen LogP contribution in [0.3, 0.4) is 0 Å². The van der Waals surface area contributed by atoms with E-state index in [1.807, 2.05) is 19.1 Å². The van der Waals surface area contributed by atoms with Gasteiger partial charge in [0.15, 0.2) is 0 Å². The van der Waals surface area contributed by atoms with Gasteiger partial charge in [0.2, 0.25) is 0 Å². The monoisotopic (exact) mass is 347 g/mol. The average molecular weight is 348 g/mol. The van der Waals surface area contributed by atoms with E-state index in [-0.39, 0.29) is 12.5 Å². The summed E-state index contributed by atoms with van der Waals surface area (Å²) in [6.07, 6.45) is 1.98. The zero-order valence-electron chi connectivity index (χ0n) is 13.5. The van der Waals surface area contributed by atoms with Crippen molar-refractivity contribution in [2.45, 2.75) is 20.3 Å². The lowest BCUT2D eigenvalue weighted by Crippen LogP contribution is -2.35. The van der Waals surface area contributed by atoms with Crippen molar-refractivity contribution in [3.63, 3.8) is 0 Å². The maximum Gasteiger partial charge on any atom is 0.311 e. The van der Waals surface area contributed by atoms with Crippen LogP contribution in [0.1, 0.15) is 29.4 Å². The lowest BCUT2D eigenvalue weighted by atomic mass is 9.90. The predicted molar refractivity (Wildman–Crippen MR) is 89.6 cm³/mol. The number of rotatable bonds is 3. The number of aliphatic carboxylic acids is 1. The Morgan fingerprint density at radius 2 is 2.12 bits per heavy atom. The molecule has 0 saturated carbocycles. The van der Waals surface area contributed by atoms with Crippen LogP contribution in [0.4, 0.5) is 0 Å². The van der Waals surface area contributed by atoms with Gasteiger partial charge >= 0.3 is 5.97 Å². The zero-order valence-corrected chi connectivity index (χ0v) is 14.2. The molecule has 0 bridgehead atoms. The summed E-state index contributed by atoms with van der Waals surface area (Å²) in [6, 6.07) is 7.22. The fourth-order valence-electron chi connectivity index (χ4n) is 2.97. The molecular weight excluding hydrogens is 330 g/mol. The topological polar surface area (TPSA) is 75.4 Å². The number of hydrogen-bond donors (Lipinski definition) is 1. The SMILES string of the molecule is Cc1c(C(=O)N2CCC(C)(C(=O)O)C2)cnn1-c1cccc(Cl)c1. The molecule has 6 nitrogen and oxygen atoms in total. The molecule has 1 unspecified atom stereocenters. The third kappa shape index (κ3) is 2.78. The summed E-state index contributed by atoms with van der Waals surface area (Å²) in [4.78, 5) is 25.7. The van der Waals surface area contributed by atoms with E-state index in [2.05, 4.69) is 5.10 Å². The first-order valence-corrected chi connectivity index (χ1v) is 8.03. The van der Waals surface area contributed by atoms with Crippen LogP contribution in [-0.2, 0) is 4.79 Å². The Kier molecular flexibility index (Phi) is 4.09. The molecule has 0 radical (unpaired) electrons. The van der Waals surface area contributed by atoms with Crippen LogP contribution in [0.5, 0.6) is 0 Å². The standard InChI is InChI=1S/C17H18ClN3O3/c1-11-14(9-19-21(11)13-5-3-4-12(18)8-13)15(22)20-7-6-17(2,10-20)16(23)24/h3-5,8-9H,6-7,10H2,1-2H3,(H,23,24). The largest absolute Gasteiger partial charge is 0.481 e. The normalized spacial score (nSPS) is 20.4. The van der Waals surface area contributed by atoms with Gasteiger partial charge < -0.3 is 10.0 Å². The molecular formula is C17H18ClN3O3. The van der Waals surface area contributed by atoms with E-state index in [0.29, 0.717) is 29.2 Å². The van der Waals surface area contributed by atoms with Crippen LogP contribution in [0.25, 0.3) is 5.69 Å². The molecule has 1 aromatic heterocycles. The van der Waals surface area contributed by atoms with E-state index in [1.165, 1.54) is 6.20 Å². The van der Waals surface area contributed by atoms with E-state index in [9.17, 15) is 14.7 Å². The highest BCUT2D eigenvalue weighted by Gasteiger charge is 2.42. The number of halogens is 1. The molecule has 126 valence electrons. The van der Waals surface area contributed by atoms with Gasteiger partial charge in [-0.15, -0.1) is 0 Å². The number of carboxylic acids is 1. The molecule has 1 amide bonds. The Balaban J connectivity index is 1.86. The van der Waals surface area contributed by atoms with Crippen molar-refractivity contribution in [2.75, 3.05) is 13.1 Å². The summed E-state index contributed by atoms with van der Waals surface area (Å²) in [5.74, 6) is -1.06. The number of aromatic nitrogens is 2. The van der Waals surface area contributed by atoms with Crippen molar-refractivity contribution in [1.82, 2.24) is 14.7 Å². The molecule has 1 aliphatic heterocycles. The number of nitrogens with zero attached hydrogens (tertiary/aromatic N) is 3. The van der Waals surface area contributed by atoms with Crippen LogP contribution in [-0.4, -0.2) is 44.8 Å². The van der Waals surface area contributed by atoms with E-state index < -0.39 is 11.4 Å². The molecule has 0 spiro atoms. The number of amides is 1. The fourth-order valence-corrected chi connectivity index (χ4v) is 3.15. The molecule has 0 aliphatic carbocycles. The number of carboxylic acid groups (broad SMARTS) is 1. The molecule has 1 fully saturated rings. The van der Waals surface area contributed by atoms with Gasteiger partial charge in [-0.1, -0.05) is 17.7 Å². The van der Waals surface area contributed by atoms with Gasteiger partial charge in [-0.25, -0.2) is 4.68 Å². The van der Waals surface area contributed by atoms with Crippen molar-refractivity contribution >= 4 is 23.5 Å². The van der Waals surface area contributed by atoms with E-state index in [1.54, 1.807) is 28.6 Å². The predicted octanol–water partition coefficient (Wildman–Crippen LogP) is 2.77. The van der Waals surface area contributed by atoms with Gasteiger partial charge in [0.05, 0.1) is 28.6 Å². The molecule has 3 rings (SSSR count). The minimum absolute atomic E-state index is 0.189. The van der Waals surface area contributed by atoms with Crippen molar-refractivity contribution < 1.29 is 14.7 Å². The van der Waals surface area contributed by atoms with Crippen molar-refractivity contribution in [3.8, 4) is 5.69 Å². The van der Waals surface area contributed by atoms with Gasteiger partial charge in [-0.2, -0.15) is 5.10 Å².